The third-order valence-corrected chi connectivity index (χ3v) is 6.03. The molecule has 0 aromatic heterocycles. The van der Waals surface area contributed by atoms with E-state index in [1.165, 1.54) is 4.90 Å². The minimum atomic E-state index is -0.693. The van der Waals surface area contributed by atoms with Gasteiger partial charge in [-0.25, -0.2) is 0 Å². The van der Waals surface area contributed by atoms with Crippen LogP contribution in [0.2, 0.25) is 10.0 Å². The Balaban J connectivity index is 1.79. The van der Waals surface area contributed by atoms with Crippen molar-refractivity contribution >= 4 is 45.8 Å². The molecule has 3 aromatic rings. The minimum absolute atomic E-state index is 0.197. The highest BCUT2D eigenvalue weighted by Crippen LogP contribution is 2.26. The van der Waals surface area contributed by atoms with E-state index in [9.17, 15) is 9.59 Å². The van der Waals surface area contributed by atoms with Gasteiger partial charge < -0.3 is 15.0 Å². The van der Waals surface area contributed by atoms with Crippen molar-refractivity contribution in [3.05, 3.63) is 76.3 Å². The highest BCUT2D eigenvalue weighted by molar-refractivity contribution is 6.42. The third kappa shape index (κ3) is 6.62. The number of hydrogen-bond donors (Lipinski definition) is 1. The molecule has 2 amide bonds. The van der Waals surface area contributed by atoms with Gasteiger partial charge >= 0.3 is 0 Å². The summed E-state index contributed by atoms with van der Waals surface area (Å²) < 4.78 is 5.90. The zero-order valence-electron chi connectivity index (χ0n) is 19.0. The summed E-state index contributed by atoms with van der Waals surface area (Å²) in [6, 6.07) is 18.0. The normalized spacial score (nSPS) is 11.9. The Bertz CT molecular complexity index is 1130. The van der Waals surface area contributed by atoms with Gasteiger partial charge in [-0.1, -0.05) is 79.5 Å². The number of fused-ring (bicyclic) bond motifs is 1. The SMILES string of the molecule is CC(C)CNC(=O)C(C)N(Cc1ccc(Cl)c(Cl)c1)C(=O)COc1cccc2ccccc12. The molecule has 7 heteroatoms. The summed E-state index contributed by atoms with van der Waals surface area (Å²) in [6.07, 6.45) is 0. The Morgan fingerprint density at radius 3 is 2.42 bits per heavy atom. The maximum Gasteiger partial charge on any atom is 0.261 e. The van der Waals surface area contributed by atoms with Crippen LogP contribution in [0.1, 0.15) is 26.3 Å². The van der Waals surface area contributed by atoms with Crippen molar-refractivity contribution in [2.45, 2.75) is 33.4 Å². The molecular weight excluding hydrogens is 459 g/mol. The van der Waals surface area contributed by atoms with E-state index < -0.39 is 6.04 Å². The van der Waals surface area contributed by atoms with Gasteiger partial charge in [0.25, 0.3) is 5.91 Å². The summed E-state index contributed by atoms with van der Waals surface area (Å²) in [5.74, 6) is 0.395. The molecule has 33 heavy (non-hydrogen) atoms. The van der Waals surface area contributed by atoms with Crippen molar-refractivity contribution in [1.29, 1.82) is 0 Å². The van der Waals surface area contributed by atoms with Crippen molar-refractivity contribution in [3.63, 3.8) is 0 Å². The van der Waals surface area contributed by atoms with Gasteiger partial charge in [-0.05, 0) is 42.0 Å². The van der Waals surface area contributed by atoms with E-state index in [0.717, 1.165) is 16.3 Å². The molecule has 0 heterocycles. The fourth-order valence-electron chi connectivity index (χ4n) is 3.41. The topological polar surface area (TPSA) is 58.6 Å². The van der Waals surface area contributed by atoms with Crippen LogP contribution in [-0.2, 0) is 16.1 Å². The lowest BCUT2D eigenvalue weighted by Crippen LogP contribution is -2.49. The van der Waals surface area contributed by atoms with E-state index in [1.807, 2.05) is 56.3 Å². The number of rotatable bonds is 9. The second-order valence-electron chi connectivity index (χ2n) is 8.35. The Kier molecular flexibility index (Phi) is 8.59. The fourth-order valence-corrected chi connectivity index (χ4v) is 3.73. The monoisotopic (exact) mass is 486 g/mol. The molecule has 1 unspecified atom stereocenters. The van der Waals surface area contributed by atoms with Gasteiger partial charge in [0.15, 0.2) is 6.61 Å². The quantitative estimate of drug-likeness (QED) is 0.420. The van der Waals surface area contributed by atoms with Gasteiger partial charge in [0, 0.05) is 18.5 Å². The van der Waals surface area contributed by atoms with Crippen LogP contribution in [0, 0.1) is 5.92 Å². The lowest BCUT2D eigenvalue weighted by molar-refractivity contribution is -0.142. The number of nitrogens with one attached hydrogen (secondary N) is 1. The van der Waals surface area contributed by atoms with Crippen molar-refractivity contribution in [1.82, 2.24) is 10.2 Å². The first-order chi connectivity index (χ1) is 15.8. The van der Waals surface area contributed by atoms with Crippen LogP contribution >= 0.6 is 23.2 Å². The van der Waals surface area contributed by atoms with Gasteiger partial charge in [0.05, 0.1) is 10.0 Å². The maximum atomic E-state index is 13.3. The number of carbonyl (C=O) groups excluding carboxylic acids is 2. The molecule has 0 radical (unpaired) electrons. The molecule has 0 saturated heterocycles. The fraction of sp³-hybridized carbons (Fsp3) is 0.308. The Labute approximate surface area is 204 Å². The van der Waals surface area contributed by atoms with Crippen LogP contribution in [0.25, 0.3) is 10.8 Å². The van der Waals surface area contributed by atoms with E-state index >= 15 is 0 Å². The smallest absolute Gasteiger partial charge is 0.261 e. The number of benzene rings is 3. The predicted octanol–water partition coefficient (Wildman–Crippen LogP) is 5.71. The average Bonchev–Trinajstić information content (AvgIpc) is 2.81. The van der Waals surface area contributed by atoms with Gasteiger partial charge in [-0.15, -0.1) is 0 Å². The second-order valence-corrected chi connectivity index (χ2v) is 9.17. The van der Waals surface area contributed by atoms with Crippen molar-refractivity contribution < 1.29 is 14.3 Å². The number of carbonyl (C=O) groups is 2. The molecule has 0 fully saturated rings. The van der Waals surface area contributed by atoms with Crippen LogP contribution in [0.5, 0.6) is 5.75 Å². The average molecular weight is 487 g/mol. The summed E-state index contributed by atoms with van der Waals surface area (Å²) in [6.45, 7) is 6.28. The molecule has 1 atom stereocenters. The predicted molar refractivity (Wildman–Crippen MR) is 134 cm³/mol. The van der Waals surface area contributed by atoms with Crippen molar-refractivity contribution in [3.8, 4) is 5.75 Å². The molecule has 5 nitrogen and oxygen atoms in total. The molecule has 0 aliphatic rings. The number of ether oxygens (including phenoxy) is 1. The first kappa shape index (κ1) is 24.9. The summed E-state index contributed by atoms with van der Waals surface area (Å²) >= 11 is 12.2. The van der Waals surface area contributed by atoms with Crippen LogP contribution in [0.15, 0.2) is 60.7 Å². The molecule has 0 aliphatic heterocycles. The summed E-state index contributed by atoms with van der Waals surface area (Å²) in [5.41, 5.74) is 0.770. The number of halogens is 2. The number of amides is 2. The highest BCUT2D eigenvalue weighted by Gasteiger charge is 2.27. The van der Waals surface area contributed by atoms with Crippen LogP contribution in [0.4, 0.5) is 0 Å². The maximum absolute atomic E-state index is 13.3. The Hall–Kier alpha value is -2.76. The van der Waals surface area contributed by atoms with Gasteiger partial charge in [-0.3, -0.25) is 9.59 Å². The van der Waals surface area contributed by atoms with E-state index in [4.69, 9.17) is 27.9 Å². The van der Waals surface area contributed by atoms with Crippen molar-refractivity contribution in [2.75, 3.05) is 13.2 Å². The van der Waals surface area contributed by atoms with Crippen LogP contribution in [-0.4, -0.2) is 35.9 Å². The molecule has 174 valence electrons. The van der Waals surface area contributed by atoms with Gasteiger partial charge in [0.1, 0.15) is 11.8 Å². The molecule has 1 N–H and O–H groups in total. The molecule has 0 spiro atoms. The molecular formula is C26H28Cl2N2O3. The van der Waals surface area contributed by atoms with Gasteiger partial charge in [0.2, 0.25) is 5.91 Å². The Morgan fingerprint density at radius 1 is 0.970 bits per heavy atom. The molecule has 0 saturated carbocycles. The first-order valence-electron chi connectivity index (χ1n) is 10.9. The van der Waals surface area contributed by atoms with E-state index in [0.29, 0.717) is 28.3 Å². The summed E-state index contributed by atoms with van der Waals surface area (Å²) in [5, 5.41) is 5.67. The highest BCUT2D eigenvalue weighted by atomic mass is 35.5. The second kappa shape index (κ2) is 11.4. The number of hydrogen-bond acceptors (Lipinski definition) is 3. The lowest BCUT2D eigenvalue weighted by atomic mass is 10.1. The largest absolute Gasteiger partial charge is 0.483 e. The number of nitrogens with zero attached hydrogens (tertiary/aromatic N) is 1. The standard InChI is InChI=1S/C26H28Cl2N2O3/c1-17(2)14-29-26(32)18(3)30(15-19-11-12-22(27)23(28)13-19)25(31)16-33-24-10-6-8-20-7-4-5-9-21(20)24/h4-13,17-18H,14-16H2,1-3H3,(H,29,32). The zero-order chi connectivity index (χ0) is 24.0. The lowest BCUT2D eigenvalue weighted by Gasteiger charge is -2.29. The molecule has 3 rings (SSSR count). The summed E-state index contributed by atoms with van der Waals surface area (Å²) in [7, 11) is 0. The van der Waals surface area contributed by atoms with Gasteiger partial charge in [-0.2, -0.15) is 0 Å². The first-order valence-corrected chi connectivity index (χ1v) is 11.6. The van der Waals surface area contributed by atoms with Crippen molar-refractivity contribution in [2.24, 2.45) is 5.92 Å². The molecule has 3 aromatic carbocycles. The molecule has 0 bridgehead atoms. The zero-order valence-corrected chi connectivity index (χ0v) is 20.5. The molecule has 0 aliphatic carbocycles. The third-order valence-electron chi connectivity index (χ3n) is 5.29. The van der Waals surface area contributed by atoms with Crippen LogP contribution in [0.3, 0.4) is 0 Å². The van der Waals surface area contributed by atoms with E-state index in [-0.39, 0.29) is 25.0 Å². The Morgan fingerprint density at radius 2 is 1.70 bits per heavy atom. The minimum Gasteiger partial charge on any atom is -0.483 e. The van der Waals surface area contributed by atoms with Crippen LogP contribution < -0.4 is 10.1 Å². The van der Waals surface area contributed by atoms with E-state index in [2.05, 4.69) is 5.32 Å². The summed E-state index contributed by atoms with van der Waals surface area (Å²) in [4.78, 5) is 27.5. The van der Waals surface area contributed by atoms with E-state index in [1.54, 1.807) is 25.1 Å².